The molecule has 0 radical (unpaired) electrons. The Labute approximate surface area is 126 Å². The summed E-state index contributed by atoms with van der Waals surface area (Å²) in [6.45, 7) is 0.224. The van der Waals surface area contributed by atoms with E-state index in [1.165, 1.54) is 30.3 Å². The van der Waals surface area contributed by atoms with E-state index in [1.807, 2.05) is 0 Å². The van der Waals surface area contributed by atoms with Gasteiger partial charge in [0, 0.05) is 6.54 Å². The number of halogens is 1. The molecule has 0 fully saturated rings. The molecule has 0 bridgehead atoms. The van der Waals surface area contributed by atoms with Crippen molar-refractivity contribution in [1.29, 1.82) is 0 Å². The minimum Gasteiger partial charge on any atom is -0.512 e. The molecule has 114 valence electrons. The van der Waals surface area contributed by atoms with Crippen molar-refractivity contribution in [3.05, 3.63) is 59.9 Å². The molecule has 0 aliphatic heterocycles. The molecule has 0 saturated heterocycles. The Kier molecular flexibility index (Phi) is 5.34. The monoisotopic (exact) mass is 304 g/mol. The minimum absolute atomic E-state index is 0.0979. The van der Waals surface area contributed by atoms with Crippen LogP contribution in [0.2, 0.25) is 0 Å². The number of rotatable bonds is 5. The molecule has 0 aromatic heterocycles. The fraction of sp³-hybridized carbons (Fsp3) is 0.0714. The maximum atomic E-state index is 13.4. The summed E-state index contributed by atoms with van der Waals surface area (Å²) in [6, 6.07) is 11.7. The summed E-state index contributed by atoms with van der Waals surface area (Å²) in [4.78, 5) is 11.7. The van der Waals surface area contributed by atoms with E-state index in [0.717, 1.165) is 5.56 Å². The Morgan fingerprint density at radius 2 is 1.82 bits per heavy atom. The summed E-state index contributed by atoms with van der Waals surface area (Å²) in [5.74, 6) is -0.226. The standard InChI is InChI=1S/C14H14BFN2O4/c16-12-3-1-2-4-13(12)18-14(19)17-9-10-5-7-11(8-6-10)22-15(20)21/h1-8,20-21H,9H2,(H2,17,18,19). The zero-order chi connectivity index (χ0) is 15.9. The van der Waals surface area contributed by atoms with Crippen molar-refractivity contribution in [1.82, 2.24) is 5.32 Å². The molecule has 2 rings (SSSR count). The van der Waals surface area contributed by atoms with Gasteiger partial charge in [-0.05, 0) is 29.8 Å². The normalized spacial score (nSPS) is 9.95. The SMILES string of the molecule is O=C(NCc1ccc(OB(O)O)cc1)Nc1ccccc1F. The van der Waals surface area contributed by atoms with E-state index in [4.69, 9.17) is 10.0 Å². The second-order valence-corrected chi connectivity index (χ2v) is 4.38. The Bertz CT molecular complexity index is 637. The van der Waals surface area contributed by atoms with E-state index in [1.54, 1.807) is 18.2 Å². The van der Waals surface area contributed by atoms with Gasteiger partial charge in [0.15, 0.2) is 0 Å². The van der Waals surface area contributed by atoms with Crippen molar-refractivity contribution in [2.75, 3.05) is 5.32 Å². The molecule has 0 aliphatic rings. The van der Waals surface area contributed by atoms with Gasteiger partial charge in [0.1, 0.15) is 11.6 Å². The number of carbonyl (C=O) groups excluding carboxylic acids is 1. The summed E-state index contributed by atoms with van der Waals surface area (Å²) in [5.41, 5.74) is 0.865. The van der Waals surface area contributed by atoms with Crippen molar-refractivity contribution in [2.45, 2.75) is 6.54 Å². The van der Waals surface area contributed by atoms with Crippen LogP contribution in [-0.4, -0.2) is 23.4 Å². The molecule has 8 heteroatoms. The maximum Gasteiger partial charge on any atom is 0.707 e. The molecule has 6 nitrogen and oxygen atoms in total. The molecule has 0 unspecified atom stereocenters. The number of hydrogen-bond donors (Lipinski definition) is 4. The number of hydrogen-bond acceptors (Lipinski definition) is 4. The van der Waals surface area contributed by atoms with Gasteiger partial charge in [0.05, 0.1) is 5.69 Å². The second-order valence-electron chi connectivity index (χ2n) is 4.38. The molecule has 0 saturated carbocycles. The van der Waals surface area contributed by atoms with E-state index in [-0.39, 0.29) is 18.0 Å². The molecule has 0 aliphatic carbocycles. The van der Waals surface area contributed by atoms with E-state index in [9.17, 15) is 9.18 Å². The summed E-state index contributed by atoms with van der Waals surface area (Å²) < 4.78 is 18.0. The predicted octanol–water partition coefficient (Wildman–Crippen LogP) is 1.50. The lowest BCUT2D eigenvalue weighted by Gasteiger charge is -2.09. The van der Waals surface area contributed by atoms with Crippen molar-refractivity contribution in [3.63, 3.8) is 0 Å². The molecule has 0 atom stereocenters. The van der Waals surface area contributed by atoms with Crippen LogP contribution in [0.25, 0.3) is 0 Å². The van der Waals surface area contributed by atoms with Crippen LogP contribution in [0.4, 0.5) is 14.9 Å². The van der Waals surface area contributed by atoms with Gasteiger partial charge in [0.2, 0.25) is 0 Å². The number of urea groups is 1. The van der Waals surface area contributed by atoms with Crippen LogP contribution in [0, 0.1) is 5.82 Å². The molecule has 2 aromatic rings. The van der Waals surface area contributed by atoms with Gasteiger partial charge in [-0.2, -0.15) is 0 Å². The first-order valence-corrected chi connectivity index (χ1v) is 6.46. The zero-order valence-electron chi connectivity index (χ0n) is 11.5. The quantitative estimate of drug-likeness (QED) is 0.630. The highest BCUT2D eigenvalue weighted by molar-refractivity contribution is 6.33. The smallest absolute Gasteiger partial charge is 0.512 e. The first-order valence-electron chi connectivity index (χ1n) is 6.46. The van der Waals surface area contributed by atoms with E-state index >= 15 is 0 Å². The molecule has 22 heavy (non-hydrogen) atoms. The second kappa shape index (κ2) is 7.44. The topological polar surface area (TPSA) is 90.8 Å². The van der Waals surface area contributed by atoms with Crippen LogP contribution in [0.1, 0.15) is 5.56 Å². The first-order chi connectivity index (χ1) is 10.5. The summed E-state index contributed by atoms with van der Waals surface area (Å²) in [6.07, 6.45) is 0. The van der Waals surface area contributed by atoms with Gasteiger partial charge in [0.25, 0.3) is 0 Å². The maximum absolute atomic E-state index is 13.4. The molecule has 0 heterocycles. The fourth-order valence-corrected chi connectivity index (χ4v) is 1.72. The van der Waals surface area contributed by atoms with Gasteiger partial charge in [-0.1, -0.05) is 24.3 Å². The van der Waals surface area contributed by atoms with Crippen molar-refractivity contribution >= 4 is 19.0 Å². The Hall–Kier alpha value is -2.58. The van der Waals surface area contributed by atoms with Crippen molar-refractivity contribution < 1.29 is 23.9 Å². The first kappa shape index (κ1) is 15.8. The number of amides is 2. The predicted molar refractivity (Wildman–Crippen MR) is 79.5 cm³/mol. The third kappa shape index (κ3) is 4.76. The average molecular weight is 304 g/mol. The van der Waals surface area contributed by atoms with Gasteiger partial charge < -0.3 is 25.3 Å². The summed E-state index contributed by atoms with van der Waals surface area (Å²) in [5, 5.41) is 22.3. The van der Waals surface area contributed by atoms with Crippen LogP contribution in [-0.2, 0) is 6.54 Å². The average Bonchev–Trinajstić information content (AvgIpc) is 2.48. The van der Waals surface area contributed by atoms with Crippen LogP contribution in [0.3, 0.4) is 0 Å². The molecular formula is C14H14BFN2O4. The molecular weight excluding hydrogens is 290 g/mol. The van der Waals surface area contributed by atoms with Gasteiger partial charge >= 0.3 is 13.4 Å². The van der Waals surface area contributed by atoms with E-state index < -0.39 is 19.2 Å². The lowest BCUT2D eigenvalue weighted by Crippen LogP contribution is -2.28. The number of carbonyl (C=O) groups is 1. The van der Waals surface area contributed by atoms with Crippen LogP contribution < -0.4 is 15.3 Å². The third-order valence-electron chi connectivity index (χ3n) is 2.74. The third-order valence-corrected chi connectivity index (χ3v) is 2.74. The fourth-order valence-electron chi connectivity index (χ4n) is 1.72. The van der Waals surface area contributed by atoms with E-state index in [0.29, 0.717) is 0 Å². The number of para-hydroxylation sites is 1. The Morgan fingerprint density at radius 1 is 1.14 bits per heavy atom. The zero-order valence-corrected chi connectivity index (χ0v) is 11.5. The molecule has 2 aromatic carbocycles. The van der Waals surface area contributed by atoms with Crippen LogP contribution in [0.15, 0.2) is 48.5 Å². The minimum atomic E-state index is -1.88. The lowest BCUT2D eigenvalue weighted by molar-refractivity contribution is 0.251. The summed E-state index contributed by atoms with van der Waals surface area (Å²) >= 11 is 0. The largest absolute Gasteiger partial charge is 0.707 e. The summed E-state index contributed by atoms with van der Waals surface area (Å²) in [7, 11) is -1.88. The molecule has 4 N–H and O–H groups in total. The number of benzene rings is 2. The highest BCUT2D eigenvalue weighted by atomic mass is 19.1. The van der Waals surface area contributed by atoms with Crippen molar-refractivity contribution in [3.8, 4) is 5.75 Å². The van der Waals surface area contributed by atoms with Crippen molar-refractivity contribution in [2.24, 2.45) is 0 Å². The van der Waals surface area contributed by atoms with Crippen LogP contribution in [0.5, 0.6) is 5.75 Å². The highest BCUT2D eigenvalue weighted by Gasteiger charge is 2.10. The molecule has 0 spiro atoms. The number of anilines is 1. The van der Waals surface area contributed by atoms with E-state index in [2.05, 4.69) is 15.3 Å². The van der Waals surface area contributed by atoms with Crippen LogP contribution >= 0.6 is 0 Å². The van der Waals surface area contributed by atoms with Gasteiger partial charge in [-0.25, -0.2) is 9.18 Å². The lowest BCUT2D eigenvalue weighted by atomic mass is 10.2. The van der Waals surface area contributed by atoms with Gasteiger partial charge in [-0.15, -0.1) is 0 Å². The van der Waals surface area contributed by atoms with Gasteiger partial charge in [-0.3, -0.25) is 0 Å². The Balaban J connectivity index is 1.85. The molecule has 2 amide bonds. The number of nitrogens with one attached hydrogen (secondary N) is 2. The highest BCUT2D eigenvalue weighted by Crippen LogP contribution is 2.13. The Morgan fingerprint density at radius 3 is 2.45 bits per heavy atom.